The predicted octanol–water partition coefficient (Wildman–Crippen LogP) is 5.83. The van der Waals surface area contributed by atoms with Crippen molar-refractivity contribution in [3.63, 3.8) is 0 Å². The van der Waals surface area contributed by atoms with Crippen LogP contribution in [0.3, 0.4) is 0 Å². The van der Waals surface area contributed by atoms with Crippen LogP contribution in [0, 0.1) is 5.92 Å². The fourth-order valence-corrected chi connectivity index (χ4v) is 4.53. The van der Waals surface area contributed by atoms with Gasteiger partial charge in [-0.1, -0.05) is 88.4 Å². The molecular formula is C29H44N2O2. The summed E-state index contributed by atoms with van der Waals surface area (Å²) in [5.41, 5.74) is 2.40. The van der Waals surface area contributed by atoms with E-state index in [1.807, 2.05) is 39.8 Å². The molecule has 0 radical (unpaired) electrons. The van der Waals surface area contributed by atoms with Crippen molar-refractivity contribution in [2.24, 2.45) is 5.92 Å². The number of hydrogen-bond acceptors (Lipinski definition) is 4. The average molecular weight is 453 g/mol. The molecule has 0 bridgehead atoms. The first-order valence-electron chi connectivity index (χ1n) is 13.0. The van der Waals surface area contributed by atoms with Gasteiger partial charge in [0.2, 0.25) is 0 Å². The number of carbonyl (C=O) groups is 1. The van der Waals surface area contributed by atoms with E-state index in [4.69, 9.17) is 4.74 Å². The van der Waals surface area contributed by atoms with E-state index in [0.29, 0.717) is 11.7 Å². The molecular weight excluding hydrogens is 408 g/mol. The Morgan fingerprint density at radius 2 is 1.33 bits per heavy atom. The van der Waals surface area contributed by atoms with Gasteiger partial charge < -0.3 is 9.64 Å². The number of carbonyl (C=O) groups excluding carboxylic acids is 1. The first kappa shape index (κ1) is 27.2. The van der Waals surface area contributed by atoms with Crippen molar-refractivity contribution in [2.45, 2.75) is 53.1 Å². The normalized spacial score (nSPS) is 18.9. The van der Waals surface area contributed by atoms with Gasteiger partial charge in [-0.3, -0.25) is 9.69 Å². The van der Waals surface area contributed by atoms with Crippen LogP contribution >= 0.6 is 0 Å². The molecule has 0 aromatic heterocycles. The summed E-state index contributed by atoms with van der Waals surface area (Å²) in [6, 6.07) is 20.9. The van der Waals surface area contributed by atoms with E-state index in [1.54, 1.807) is 0 Å². The summed E-state index contributed by atoms with van der Waals surface area (Å²) in [4.78, 5) is 16.9. The van der Waals surface area contributed by atoms with Gasteiger partial charge in [-0.15, -0.1) is 0 Å². The van der Waals surface area contributed by atoms with Crippen LogP contribution in [0.2, 0.25) is 0 Å². The van der Waals surface area contributed by atoms with Gasteiger partial charge >= 0.3 is 0 Å². The molecule has 1 aliphatic carbocycles. The molecule has 1 heterocycles. The third-order valence-electron chi connectivity index (χ3n) is 6.27. The molecule has 1 atom stereocenters. The van der Waals surface area contributed by atoms with Gasteiger partial charge in [-0.05, 0) is 24.0 Å². The van der Waals surface area contributed by atoms with Crippen LogP contribution in [0.15, 0.2) is 60.7 Å². The summed E-state index contributed by atoms with van der Waals surface area (Å²) >= 11 is 0. The lowest BCUT2D eigenvalue weighted by atomic mass is 10.0. The maximum absolute atomic E-state index is 11.9. The highest BCUT2D eigenvalue weighted by atomic mass is 16.5. The van der Waals surface area contributed by atoms with Crippen LogP contribution in [0.25, 0.3) is 0 Å². The van der Waals surface area contributed by atoms with Gasteiger partial charge in [0, 0.05) is 51.6 Å². The molecule has 33 heavy (non-hydrogen) atoms. The van der Waals surface area contributed by atoms with Crippen molar-refractivity contribution in [2.75, 3.05) is 45.9 Å². The highest BCUT2D eigenvalue weighted by Gasteiger charge is 2.28. The second-order valence-corrected chi connectivity index (χ2v) is 8.27. The van der Waals surface area contributed by atoms with Gasteiger partial charge in [0.25, 0.3) is 0 Å². The van der Waals surface area contributed by atoms with Crippen LogP contribution in [-0.2, 0) is 9.53 Å². The SMILES string of the molecule is CC.CC.O=C1CCCC1CN1CCN(CCOC(c2ccccc2)c2ccccc2)CC1. The lowest BCUT2D eigenvalue weighted by molar-refractivity contribution is -0.121. The minimum atomic E-state index is -0.0212. The number of ether oxygens (including phenoxy) is 1. The molecule has 4 nitrogen and oxygen atoms in total. The van der Waals surface area contributed by atoms with Crippen molar-refractivity contribution < 1.29 is 9.53 Å². The van der Waals surface area contributed by atoms with E-state index in [-0.39, 0.29) is 6.10 Å². The monoisotopic (exact) mass is 452 g/mol. The Balaban J connectivity index is 0.000000914. The molecule has 0 N–H and O–H groups in total. The Morgan fingerprint density at radius 3 is 1.82 bits per heavy atom. The van der Waals surface area contributed by atoms with Crippen molar-refractivity contribution in [1.29, 1.82) is 0 Å². The van der Waals surface area contributed by atoms with E-state index in [0.717, 1.165) is 65.1 Å². The predicted molar refractivity (Wildman–Crippen MR) is 139 cm³/mol. The number of ketones is 1. The number of piperazine rings is 1. The molecule has 1 saturated heterocycles. The molecule has 2 aromatic rings. The minimum Gasteiger partial charge on any atom is -0.367 e. The number of Topliss-reactive ketones (excluding diaryl/α,β-unsaturated/α-hetero) is 1. The molecule has 4 rings (SSSR count). The zero-order valence-electron chi connectivity index (χ0n) is 21.2. The highest BCUT2D eigenvalue weighted by Crippen LogP contribution is 2.26. The molecule has 1 unspecified atom stereocenters. The topological polar surface area (TPSA) is 32.8 Å². The molecule has 2 aromatic carbocycles. The van der Waals surface area contributed by atoms with Crippen LogP contribution in [-0.4, -0.2) is 61.5 Å². The van der Waals surface area contributed by atoms with E-state index < -0.39 is 0 Å². The second kappa shape index (κ2) is 15.8. The maximum atomic E-state index is 11.9. The van der Waals surface area contributed by atoms with E-state index in [1.165, 1.54) is 11.1 Å². The number of hydrogen-bond donors (Lipinski definition) is 0. The quantitative estimate of drug-likeness (QED) is 0.504. The van der Waals surface area contributed by atoms with Crippen LogP contribution in [0.4, 0.5) is 0 Å². The standard InChI is InChI=1S/C25H32N2O2.2C2H6/c28-24-13-7-12-23(24)20-27-16-14-26(15-17-27)18-19-29-25(21-8-3-1-4-9-21)22-10-5-2-6-11-22;2*1-2/h1-6,8-11,23,25H,7,12-20H2;2*1-2H3. The van der Waals surface area contributed by atoms with Gasteiger partial charge in [0.15, 0.2) is 0 Å². The number of nitrogens with zero attached hydrogens (tertiary/aromatic N) is 2. The smallest absolute Gasteiger partial charge is 0.137 e. The van der Waals surface area contributed by atoms with Crippen molar-refractivity contribution >= 4 is 5.78 Å². The largest absolute Gasteiger partial charge is 0.367 e. The lowest BCUT2D eigenvalue weighted by Gasteiger charge is -2.35. The van der Waals surface area contributed by atoms with Crippen LogP contribution in [0.5, 0.6) is 0 Å². The van der Waals surface area contributed by atoms with Gasteiger partial charge in [0.05, 0.1) is 6.61 Å². The summed E-state index contributed by atoms with van der Waals surface area (Å²) in [6.07, 6.45) is 2.95. The van der Waals surface area contributed by atoms with Crippen molar-refractivity contribution in [1.82, 2.24) is 9.80 Å². The maximum Gasteiger partial charge on any atom is 0.137 e. The lowest BCUT2D eigenvalue weighted by Crippen LogP contribution is -2.48. The molecule has 1 saturated carbocycles. The number of benzene rings is 2. The Bertz CT molecular complexity index is 718. The second-order valence-electron chi connectivity index (χ2n) is 8.27. The number of rotatable bonds is 8. The molecule has 0 amide bonds. The zero-order valence-corrected chi connectivity index (χ0v) is 21.2. The average Bonchev–Trinajstić information content (AvgIpc) is 3.30. The molecule has 2 aliphatic rings. The third-order valence-corrected chi connectivity index (χ3v) is 6.27. The van der Waals surface area contributed by atoms with Crippen LogP contribution in [0.1, 0.15) is 64.2 Å². The Morgan fingerprint density at radius 1 is 0.818 bits per heavy atom. The summed E-state index contributed by atoms with van der Waals surface area (Å²) in [5, 5.41) is 0. The molecule has 182 valence electrons. The fraction of sp³-hybridized carbons (Fsp3) is 0.552. The van der Waals surface area contributed by atoms with Gasteiger partial charge in [-0.2, -0.15) is 0 Å². The summed E-state index contributed by atoms with van der Waals surface area (Å²) in [5.74, 6) is 0.774. The molecule has 0 spiro atoms. The van der Waals surface area contributed by atoms with Crippen LogP contribution < -0.4 is 0 Å². The Labute approximate surface area is 201 Å². The van der Waals surface area contributed by atoms with E-state index in [9.17, 15) is 4.79 Å². The van der Waals surface area contributed by atoms with Gasteiger partial charge in [-0.25, -0.2) is 0 Å². The molecule has 4 heteroatoms. The van der Waals surface area contributed by atoms with Crippen molar-refractivity contribution in [3.8, 4) is 0 Å². The Hall–Kier alpha value is -2.01. The zero-order chi connectivity index (χ0) is 23.9. The molecule has 2 fully saturated rings. The summed E-state index contributed by atoms with van der Waals surface area (Å²) < 4.78 is 6.37. The van der Waals surface area contributed by atoms with Gasteiger partial charge in [0.1, 0.15) is 11.9 Å². The fourth-order valence-electron chi connectivity index (χ4n) is 4.53. The van der Waals surface area contributed by atoms with E-state index in [2.05, 4.69) is 58.3 Å². The van der Waals surface area contributed by atoms with E-state index >= 15 is 0 Å². The first-order chi connectivity index (χ1) is 16.3. The van der Waals surface area contributed by atoms with Crippen molar-refractivity contribution in [3.05, 3.63) is 71.8 Å². The Kier molecular flexibility index (Phi) is 13.0. The third kappa shape index (κ3) is 8.69. The minimum absolute atomic E-state index is 0.0212. The summed E-state index contributed by atoms with van der Waals surface area (Å²) in [6.45, 7) is 14.9. The first-order valence-corrected chi connectivity index (χ1v) is 13.0. The summed E-state index contributed by atoms with van der Waals surface area (Å²) in [7, 11) is 0. The molecule has 1 aliphatic heterocycles. The highest BCUT2D eigenvalue weighted by molar-refractivity contribution is 5.83.